The highest BCUT2D eigenvalue weighted by molar-refractivity contribution is 5.93. The predicted octanol–water partition coefficient (Wildman–Crippen LogP) is 5.53. The van der Waals surface area contributed by atoms with Gasteiger partial charge < -0.3 is 18.6 Å². The number of carbonyl (C=O) groups excluding carboxylic acids is 1. The smallest absolute Gasteiger partial charge is 0.383 e. The van der Waals surface area contributed by atoms with Crippen molar-refractivity contribution in [3.8, 4) is 17.2 Å². The van der Waals surface area contributed by atoms with Crippen LogP contribution in [0.25, 0.3) is 11.0 Å². The molecule has 3 rings (SSSR count). The van der Waals surface area contributed by atoms with E-state index in [4.69, 9.17) is 18.6 Å². The molecule has 0 atom stereocenters. The van der Waals surface area contributed by atoms with Gasteiger partial charge in [-0.15, -0.1) is 0 Å². The van der Waals surface area contributed by atoms with Gasteiger partial charge in [0.25, 0.3) is 5.75 Å². The largest absolute Gasteiger partial charge is 0.491 e. The Hall–Kier alpha value is -3.54. The second kappa shape index (κ2) is 10.5. The van der Waals surface area contributed by atoms with Gasteiger partial charge in [0.2, 0.25) is 0 Å². The lowest BCUT2D eigenvalue weighted by Gasteiger charge is -2.14. The average Bonchev–Trinajstić information content (AvgIpc) is 2.75. The summed E-state index contributed by atoms with van der Waals surface area (Å²) in [6.07, 6.45) is 5.58. The molecule has 0 N–H and O–H groups in total. The summed E-state index contributed by atoms with van der Waals surface area (Å²) in [6.45, 7) is 6.18. The van der Waals surface area contributed by atoms with E-state index in [1.807, 2.05) is 32.9 Å². The predicted molar refractivity (Wildman–Crippen MR) is 119 cm³/mol. The van der Waals surface area contributed by atoms with E-state index in [0.717, 1.165) is 6.42 Å². The third kappa shape index (κ3) is 5.75. The molecular formula is C25H26O6. The molecule has 0 bridgehead atoms. The van der Waals surface area contributed by atoms with Crippen LogP contribution in [0.2, 0.25) is 0 Å². The first-order valence-electron chi connectivity index (χ1n) is 10.3. The molecular weight excluding hydrogens is 396 g/mol. The number of allylic oxidation sites excluding steroid dienone is 1. The van der Waals surface area contributed by atoms with Gasteiger partial charge in [0.05, 0.1) is 23.7 Å². The van der Waals surface area contributed by atoms with E-state index in [-0.39, 0.29) is 17.6 Å². The van der Waals surface area contributed by atoms with Crippen LogP contribution in [0.15, 0.2) is 69.9 Å². The maximum Gasteiger partial charge on any atom is 0.383 e. The van der Waals surface area contributed by atoms with E-state index in [1.165, 1.54) is 0 Å². The van der Waals surface area contributed by atoms with Crippen LogP contribution in [0.3, 0.4) is 0 Å². The van der Waals surface area contributed by atoms with Crippen LogP contribution in [0.1, 0.15) is 44.0 Å². The van der Waals surface area contributed by atoms with Crippen molar-refractivity contribution in [2.24, 2.45) is 0 Å². The summed E-state index contributed by atoms with van der Waals surface area (Å²) >= 11 is 0. The second-order valence-electron chi connectivity index (χ2n) is 7.14. The Morgan fingerprint density at radius 3 is 2.55 bits per heavy atom. The van der Waals surface area contributed by atoms with Gasteiger partial charge in [-0.05, 0) is 51.0 Å². The molecule has 6 heteroatoms. The van der Waals surface area contributed by atoms with Crippen LogP contribution >= 0.6 is 0 Å². The lowest BCUT2D eigenvalue weighted by Crippen LogP contribution is -2.16. The Morgan fingerprint density at radius 2 is 1.84 bits per heavy atom. The summed E-state index contributed by atoms with van der Waals surface area (Å²) in [5, 5.41) is 0.519. The van der Waals surface area contributed by atoms with Crippen molar-refractivity contribution < 1.29 is 23.4 Å². The minimum Gasteiger partial charge on any atom is -0.491 e. The Labute approximate surface area is 181 Å². The van der Waals surface area contributed by atoms with Crippen molar-refractivity contribution in [1.29, 1.82) is 0 Å². The first kappa shape index (κ1) is 22.2. The van der Waals surface area contributed by atoms with Gasteiger partial charge in [0, 0.05) is 6.07 Å². The van der Waals surface area contributed by atoms with Crippen LogP contribution in [0, 0.1) is 0 Å². The monoisotopic (exact) mass is 422 g/mol. The number of fused-ring (bicyclic) bond motifs is 1. The fourth-order valence-electron chi connectivity index (χ4n) is 2.95. The van der Waals surface area contributed by atoms with Crippen molar-refractivity contribution in [2.75, 3.05) is 6.61 Å². The van der Waals surface area contributed by atoms with E-state index in [9.17, 15) is 9.59 Å². The van der Waals surface area contributed by atoms with Crippen molar-refractivity contribution in [3.63, 3.8) is 0 Å². The van der Waals surface area contributed by atoms with Gasteiger partial charge in [-0.2, -0.15) is 0 Å². The summed E-state index contributed by atoms with van der Waals surface area (Å²) in [5.74, 6) is -0.186. The molecule has 0 saturated carbocycles. The number of hydrogen-bond acceptors (Lipinski definition) is 6. The Kier molecular flexibility index (Phi) is 7.49. The number of rotatable bonds is 9. The van der Waals surface area contributed by atoms with Crippen molar-refractivity contribution in [3.05, 3.63) is 76.7 Å². The van der Waals surface area contributed by atoms with Gasteiger partial charge >= 0.3 is 11.6 Å². The van der Waals surface area contributed by atoms with Crippen molar-refractivity contribution in [2.45, 2.75) is 39.7 Å². The number of benzene rings is 2. The van der Waals surface area contributed by atoms with Crippen LogP contribution in [0.5, 0.6) is 17.2 Å². The fraction of sp³-hybridized carbons (Fsp3) is 0.280. The molecule has 1 heterocycles. The first-order valence-corrected chi connectivity index (χ1v) is 10.3. The highest BCUT2D eigenvalue weighted by Crippen LogP contribution is 2.35. The van der Waals surface area contributed by atoms with Crippen LogP contribution < -0.4 is 19.8 Å². The molecule has 0 radical (unpaired) electrons. The van der Waals surface area contributed by atoms with E-state index in [1.54, 1.807) is 48.5 Å². The molecule has 0 fully saturated rings. The summed E-state index contributed by atoms with van der Waals surface area (Å²) in [4.78, 5) is 25.3. The maximum absolute atomic E-state index is 12.7. The number of hydrogen-bond donors (Lipinski definition) is 0. The molecule has 2 aromatic carbocycles. The van der Waals surface area contributed by atoms with Crippen LogP contribution in [-0.4, -0.2) is 18.7 Å². The van der Waals surface area contributed by atoms with Crippen LogP contribution in [-0.2, 0) is 0 Å². The highest BCUT2D eigenvalue weighted by atomic mass is 16.6. The average molecular weight is 422 g/mol. The minimum absolute atomic E-state index is 0.0312. The summed E-state index contributed by atoms with van der Waals surface area (Å²) < 4.78 is 22.4. The zero-order chi connectivity index (χ0) is 22.2. The standard InChI is InChI=1S/C25H26O6/c1-4-5-6-10-15-28-22-20-14-13-19(29-17(2)3)16-21(20)30-25(27)23(22)31-24(26)18-11-8-7-9-12-18/h5-9,11-14,16-17H,4,10,15H2,1-3H3/b6-5+. The zero-order valence-corrected chi connectivity index (χ0v) is 17.9. The summed E-state index contributed by atoms with van der Waals surface area (Å²) in [5.41, 5.74) is -0.182. The topological polar surface area (TPSA) is 75.0 Å². The van der Waals surface area contributed by atoms with Gasteiger partial charge in [-0.1, -0.05) is 37.3 Å². The van der Waals surface area contributed by atoms with E-state index < -0.39 is 11.6 Å². The lowest BCUT2D eigenvalue weighted by atomic mass is 10.2. The zero-order valence-electron chi connectivity index (χ0n) is 17.9. The Balaban J connectivity index is 2.00. The lowest BCUT2D eigenvalue weighted by molar-refractivity contribution is 0.0721. The molecule has 3 aromatic rings. The SMILES string of the molecule is CC/C=C/CCOc1c(OC(=O)c2ccccc2)c(=O)oc2cc(OC(C)C)ccc12. The fourth-order valence-corrected chi connectivity index (χ4v) is 2.95. The Bertz CT molecular complexity index is 1110. The second-order valence-corrected chi connectivity index (χ2v) is 7.14. The molecule has 0 amide bonds. The van der Waals surface area contributed by atoms with Gasteiger partial charge in [0.1, 0.15) is 11.3 Å². The van der Waals surface area contributed by atoms with Gasteiger partial charge in [-0.25, -0.2) is 9.59 Å². The summed E-state index contributed by atoms with van der Waals surface area (Å²) in [6, 6.07) is 13.6. The van der Waals surface area contributed by atoms with Gasteiger partial charge in [0.15, 0.2) is 5.75 Å². The number of ether oxygens (including phenoxy) is 3. The molecule has 0 saturated heterocycles. The molecule has 162 valence electrons. The number of carbonyl (C=O) groups is 1. The van der Waals surface area contributed by atoms with E-state index >= 15 is 0 Å². The van der Waals surface area contributed by atoms with Crippen LogP contribution in [0.4, 0.5) is 0 Å². The molecule has 31 heavy (non-hydrogen) atoms. The van der Waals surface area contributed by atoms with Crippen molar-refractivity contribution >= 4 is 16.9 Å². The quantitative estimate of drug-likeness (QED) is 0.195. The molecule has 1 aromatic heterocycles. The minimum atomic E-state index is -0.794. The van der Waals surface area contributed by atoms with Crippen molar-refractivity contribution in [1.82, 2.24) is 0 Å². The molecule has 0 aliphatic heterocycles. The maximum atomic E-state index is 12.7. The summed E-state index contributed by atoms with van der Waals surface area (Å²) in [7, 11) is 0. The Morgan fingerprint density at radius 1 is 1.06 bits per heavy atom. The van der Waals surface area contributed by atoms with E-state index in [2.05, 4.69) is 0 Å². The molecule has 0 unspecified atom stereocenters. The first-order chi connectivity index (χ1) is 15.0. The normalized spacial score (nSPS) is 11.2. The van der Waals surface area contributed by atoms with Gasteiger partial charge in [-0.3, -0.25) is 0 Å². The highest BCUT2D eigenvalue weighted by Gasteiger charge is 2.22. The number of esters is 1. The molecule has 0 spiro atoms. The van der Waals surface area contributed by atoms with E-state index in [0.29, 0.717) is 35.3 Å². The third-order valence-corrected chi connectivity index (χ3v) is 4.30. The molecule has 0 aliphatic carbocycles. The molecule has 6 nitrogen and oxygen atoms in total. The third-order valence-electron chi connectivity index (χ3n) is 4.30. The molecule has 0 aliphatic rings.